The third kappa shape index (κ3) is 2.46. The molecule has 0 radical (unpaired) electrons. The molecule has 0 aliphatic rings. The van der Waals surface area contributed by atoms with E-state index in [2.05, 4.69) is 13.5 Å². The molecular weight excluding hydrogens is 172 g/mol. The van der Waals surface area contributed by atoms with Crippen molar-refractivity contribution in [2.75, 3.05) is 0 Å². The molecule has 1 heteroatoms. The molecule has 0 spiro atoms. The highest BCUT2D eigenvalue weighted by atomic mass is 16.3. The zero-order valence-electron chi connectivity index (χ0n) is 8.90. The number of hydrogen-bond acceptors (Lipinski definition) is 1. The first-order chi connectivity index (χ1) is 6.69. The van der Waals surface area contributed by atoms with E-state index in [4.69, 9.17) is 0 Å². The van der Waals surface area contributed by atoms with Gasteiger partial charge in [0.25, 0.3) is 0 Å². The Hall–Kier alpha value is -1.08. The summed E-state index contributed by atoms with van der Waals surface area (Å²) in [6.07, 6.45) is 2.32. The molecule has 76 valence electrons. The van der Waals surface area contributed by atoms with Crippen molar-refractivity contribution in [2.45, 2.75) is 26.4 Å². The van der Waals surface area contributed by atoms with Crippen molar-refractivity contribution in [3.63, 3.8) is 0 Å². The van der Waals surface area contributed by atoms with Gasteiger partial charge in [-0.25, -0.2) is 0 Å². The van der Waals surface area contributed by atoms with Crippen molar-refractivity contribution in [3.05, 3.63) is 48.0 Å². The van der Waals surface area contributed by atoms with E-state index in [1.807, 2.05) is 37.3 Å². The van der Waals surface area contributed by atoms with Gasteiger partial charge < -0.3 is 5.11 Å². The van der Waals surface area contributed by atoms with E-state index in [0.717, 1.165) is 12.0 Å². The highest BCUT2D eigenvalue weighted by Crippen LogP contribution is 2.25. The number of hydrogen-bond donors (Lipinski definition) is 1. The van der Waals surface area contributed by atoms with Crippen molar-refractivity contribution in [2.24, 2.45) is 5.92 Å². The summed E-state index contributed by atoms with van der Waals surface area (Å²) in [5.74, 6) is 0.151. The van der Waals surface area contributed by atoms with Crippen LogP contribution in [-0.4, -0.2) is 5.11 Å². The predicted octanol–water partition coefficient (Wildman–Crippen LogP) is 3.24. The lowest BCUT2D eigenvalue weighted by Crippen LogP contribution is -2.08. The van der Waals surface area contributed by atoms with Gasteiger partial charge in [-0.05, 0) is 18.9 Å². The van der Waals surface area contributed by atoms with Crippen LogP contribution in [-0.2, 0) is 0 Å². The molecule has 2 atom stereocenters. The lowest BCUT2D eigenvalue weighted by atomic mass is 9.93. The van der Waals surface area contributed by atoms with E-state index >= 15 is 0 Å². The molecule has 0 aliphatic carbocycles. The van der Waals surface area contributed by atoms with Crippen LogP contribution < -0.4 is 0 Å². The molecule has 1 aromatic rings. The SMILES string of the molecule is C=C[C@H](CC)[C@@H](O)c1ccc(C)cc1. The Bertz CT molecular complexity index is 287. The Balaban J connectivity index is 2.82. The number of aliphatic hydroxyl groups is 1. The highest BCUT2D eigenvalue weighted by molar-refractivity contribution is 5.24. The van der Waals surface area contributed by atoms with Crippen LogP contribution in [0.1, 0.15) is 30.6 Å². The van der Waals surface area contributed by atoms with Crippen LogP contribution in [0.4, 0.5) is 0 Å². The first kappa shape index (κ1) is 11.0. The van der Waals surface area contributed by atoms with Crippen LogP contribution in [0, 0.1) is 12.8 Å². The lowest BCUT2D eigenvalue weighted by molar-refractivity contribution is 0.129. The number of rotatable bonds is 4. The molecule has 1 aromatic carbocycles. The zero-order valence-corrected chi connectivity index (χ0v) is 8.90. The van der Waals surface area contributed by atoms with Crippen LogP contribution in [0.25, 0.3) is 0 Å². The van der Waals surface area contributed by atoms with Crippen molar-refractivity contribution < 1.29 is 5.11 Å². The van der Waals surface area contributed by atoms with Crippen LogP contribution in [0.15, 0.2) is 36.9 Å². The van der Waals surface area contributed by atoms with Gasteiger partial charge in [0.15, 0.2) is 0 Å². The molecule has 14 heavy (non-hydrogen) atoms. The maximum Gasteiger partial charge on any atom is 0.0852 e. The molecule has 0 saturated carbocycles. The van der Waals surface area contributed by atoms with Gasteiger partial charge in [-0.3, -0.25) is 0 Å². The highest BCUT2D eigenvalue weighted by Gasteiger charge is 2.15. The molecule has 0 saturated heterocycles. The minimum Gasteiger partial charge on any atom is -0.388 e. The van der Waals surface area contributed by atoms with E-state index in [0.29, 0.717) is 0 Å². The van der Waals surface area contributed by atoms with Crippen LogP contribution in [0.3, 0.4) is 0 Å². The van der Waals surface area contributed by atoms with Gasteiger partial charge in [-0.15, -0.1) is 6.58 Å². The summed E-state index contributed by atoms with van der Waals surface area (Å²) in [5.41, 5.74) is 2.19. The summed E-state index contributed by atoms with van der Waals surface area (Å²) >= 11 is 0. The van der Waals surface area contributed by atoms with Crippen LogP contribution >= 0.6 is 0 Å². The third-order valence-electron chi connectivity index (χ3n) is 2.60. The molecule has 1 N–H and O–H groups in total. The summed E-state index contributed by atoms with van der Waals surface area (Å²) in [4.78, 5) is 0. The maximum atomic E-state index is 10.00. The fourth-order valence-electron chi connectivity index (χ4n) is 1.53. The topological polar surface area (TPSA) is 20.2 Å². The second-order valence-corrected chi connectivity index (χ2v) is 3.66. The first-order valence-corrected chi connectivity index (χ1v) is 5.06. The monoisotopic (exact) mass is 190 g/mol. The summed E-state index contributed by atoms with van der Waals surface area (Å²) in [6.45, 7) is 7.84. The Morgan fingerprint density at radius 1 is 1.36 bits per heavy atom. The van der Waals surface area contributed by atoms with E-state index in [1.165, 1.54) is 5.56 Å². The molecule has 1 rings (SSSR count). The molecular formula is C13H18O. The van der Waals surface area contributed by atoms with Crippen molar-refractivity contribution in [3.8, 4) is 0 Å². The maximum absolute atomic E-state index is 10.00. The van der Waals surface area contributed by atoms with E-state index < -0.39 is 6.10 Å². The third-order valence-corrected chi connectivity index (χ3v) is 2.60. The van der Waals surface area contributed by atoms with Gasteiger partial charge in [0, 0.05) is 5.92 Å². The van der Waals surface area contributed by atoms with E-state index in [-0.39, 0.29) is 5.92 Å². The number of benzene rings is 1. The van der Waals surface area contributed by atoms with Crippen molar-refractivity contribution in [1.29, 1.82) is 0 Å². The summed E-state index contributed by atoms with van der Waals surface area (Å²) < 4.78 is 0. The summed E-state index contributed by atoms with van der Waals surface area (Å²) in [6, 6.07) is 8.00. The summed E-state index contributed by atoms with van der Waals surface area (Å²) in [5, 5.41) is 10.00. The van der Waals surface area contributed by atoms with Gasteiger partial charge in [0.1, 0.15) is 0 Å². The summed E-state index contributed by atoms with van der Waals surface area (Å²) in [7, 11) is 0. The Morgan fingerprint density at radius 2 is 1.93 bits per heavy atom. The van der Waals surface area contributed by atoms with Gasteiger partial charge in [-0.2, -0.15) is 0 Å². The molecule has 0 unspecified atom stereocenters. The first-order valence-electron chi connectivity index (χ1n) is 5.06. The predicted molar refractivity (Wildman–Crippen MR) is 60.1 cm³/mol. The molecule has 0 aliphatic heterocycles. The number of aliphatic hydroxyl groups excluding tert-OH is 1. The normalized spacial score (nSPS) is 14.8. The van der Waals surface area contributed by atoms with Crippen LogP contribution in [0.2, 0.25) is 0 Å². The fourth-order valence-corrected chi connectivity index (χ4v) is 1.53. The standard InChI is InChI=1S/C13H18O/c1-4-11(5-2)13(14)12-8-6-10(3)7-9-12/h4,6-9,11,13-14H,1,5H2,2-3H3/t11-,13-/m1/s1. The van der Waals surface area contributed by atoms with E-state index in [1.54, 1.807) is 0 Å². The molecule has 0 aromatic heterocycles. The molecule has 0 amide bonds. The van der Waals surface area contributed by atoms with Crippen molar-refractivity contribution >= 4 is 0 Å². The zero-order chi connectivity index (χ0) is 10.6. The Kier molecular flexibility index (Phi) is 3.90. The molecule has 1 nitrogen and oxygen atoms in total. The van der Waals surface area contributed by atoms with Gasteiger partial charge >= 0.3 is 0 Å². The van der Waals surface area contributed by atoms with Crippen molar-refractivity contribution in [1.82, 2.24) is 0 Å². The minimum absolute atomic E-state index is 0.151. The van der Waals surface area contributed by atoms with E-state index in [9.17, 15) is 5.11 Å². The van der Waals surface area contributed by atoms with Gasteiger partial charge in [0.05, 0.1) is 6.10 Å². The lowest BCUT2D eigenvalue weighted by Gasteiger charge is -2.18. The Morgan fingerprint density at radius 3 is 2.36 bits per heavy atom. The molecule has 0 fully saturated rings. The second kappa shape index (κ2) is 4.97. The second-order valence-electron chi connectivity index (χ2n) is 3.66. The quantitative estimate of drug-likeness (QED) is 0.723. The molecule has 0 heterocycles. The van der Waals surface area contributed by atoms with Gasteiger partial charge in [0.2, 0.25) is 0 Å². The average Bonchev–Trinajstić information content (AvgIpc) is 2.20. The smallest absolute Gasteiger partial charge is 0.0852 e. The fraction of sp³-hybridized carbons (Fsp3) is 0.385. The molecule has 0 bridgehead atoms. The Labute approximate surface area is 86.1 Å². The van der Waals surface area contributed by atoms with Crippen LogP contribution in [0.5, 0.6) is 0 Å². The average molecular weight is 190 g/mol. The minimum atomic E-state index is -0.418. The number of aryl methyl sites for hydroxylation is 1. The largest absolute Gasteiger partial charge is 0.388 e. The van der Waals surface area contributed by atoms with Gasteiger partial charge in [-0.1, -0.05) is 42.8 Å².